The molecule has 2 aromatic carbocycles. The molecule has 4 rings (SSSR count). The minimum absolute atomic E-state index is 0.0412. The van der Waals surface area contributed by atoms with Gasteiger partial charge in [0.05, 0.1) is 20.1 Å². The zero-order valence-electron chi connectivity index (χ0n) is 17.6. The number of para-hydroxylation sites is 1. The summed E-state index contributed by atoms with van der Waals surface area (Å²) in [5, 5.41) is 0. The summed E-state index contributed by atoms with van der Waals surface area (Å²) in [4.78, 5) is 28.6. The number of halogens is 1. The van der Waals surface area contributed by atoms with Crippen molar-refractivity contribution in [1.29, 1.82) is 0 Å². The van der Waals surface area contributed by atoms with Gasteiger partial charge in [-0.25, -0.2) is 4.39 Å². The maximum Gasteiger partial charge on any atom is 0.260 e. The Morgan fingerprint density at radius 3 is 2.35 bits per heavy atom. The maximum absolute atomic E-state index is 13.6. The van der Waals surface area contributed by atoms with Crippen LogP contribution in [0.25, 0.3) is 0 Å². The van der Waals surface area contributed by atoms with Crippen LogP contribution in [0.3, 0.4) is 0 Å². The number of nitrogens with zero attached hydrogens (tertiary/aromatic N) is 2. The monoisotopic (exact) mass is 428 g/mol. The third-order valence-electron chi connectivity index (χ3n) is 5.80. The lowest BCUT2D eigenvalue weighted by Crippen LogP contribution is -2.57. The Kier molecular flexibility index (Phi) is 5.97. The van der Waals surface area contributed by atoms with Gasteiger partial charge < -0.3 is 24.0 Å². The standard InChI is InChI=1S/C23H25FN2O5/c1-29-20-9-15-7-8-25(11-16(15)10-21(20)30-2)23(28)17-12-26(13-17)22(27)14-31-19-6-4-3-5-18(19)24/h3-6,9-10,17H,7-8,11-14H2,1-2H3. The van der Waals surface area contributed by atoms with Crippen LogP contribution in [0.15, 0.2) is 36.4 Å². The van der Waals surface area contributed by atoms with Crippen molar-refractivity contribution in [2.75, 3.05) is 40.5 Å². The summed E-state index contributed by atoms with van der Waals surface area (Å²) in [6, 6.07) is 9.84. The molecule has 7 nitrogen and oxygen atoms in total. The quantitative estimate of drug-likeness (QED) is 0.706. The topological polar surface area (TPSA) is 68.3 Å². The van der Waals surface area contributed by atoms with Crippen LogP contribution in [0.1, 0.15) is 11.1 Å². The molecule has 0 bridgehead atoms. The second-order valence-electron chi connectivity index (χ2n) is 7.70. The minimum Gasteiger partial charge on any atom is -0.493 e. The fourth-order valence-electron chi connectivity index (χ4n) is 3.96. The van der Waals surface area contributed by atoms with E-state index in [1.54, 1.807) is 31.3 Å². The van der Waals surface area contributed by atoms with Gasteiger partial charge in [-0.1, -0.05) is 12.1 Å². The van der Waals surface area contributed by atoms with Crippen molar-refractivity contribution in [3.05, 3.63) is 53.3 Å². The molecule has 164 valence electrons. The molecule has 0 N–H and O–H groups in total. The van der Waals surface area contributed by atoms with E-state index in [2.05, 4.69) is 0 Å². The second-order valence-corrected chi connectivity index (χ2v) is 7.70. The lowest BCUT2D eigenvalue weighted by Gasteiger charge is -2.41. The summed E-state index contributed by atoms with van der Waals surface area (Å²) in [6.45, 7) is 1.60. The number of fused-ring (bicyclic) bond motifs is 1. The summed E-state index contributed by atoms with van der Waals surface area (Å²) in [5.41, 5.74) is 2.19. The van der Waals surface area contributed by atoms with E-state index < -0.39 is 5.82 Å². The Labute approximate surface area is 180 Å². The smallest absolute Gasteiger partial charge is 0.260 e. The lowest BCUT2D eigenvalue weighted by molar-refractivity contribution is -0.150. The fraction of sp³-hybridized carbons (Fsp3) is 0.391. The lowest BCUT2D eigenvalue weighted by atomic mass is 9.94. The Hall–Kier alpha value is -3.29. The number of hydrogen-bond acceptors (Lipinski definition) is 5. The van der Waals surface area contributed by atoms with Gasteiger partial charge in [-0.2, -0.15) is 0 Å². The number of likely N-dealkylation sites (tertiary alicyclic amines) is 1. The Bertz CT molecular complexity index is 990. The van der Waals surface area contributed by atoms with Crippen LogP contribution < -0.4 is 14.2 Å². The predicted molar refractivity (Wildman–Crippen MR) is 111 cm³/mol. The fourth-order valence-corrected chi connectivity index (χ4v) is 3.96. The highest BCUT2D eigenvalue weighted by atomic mass is 19.1. The van der Waals surface area contributed by atoms with Gasteiger partial charge in [-0.05, 0) is 41.8 Å². The highest BCUT2D eigenvalue weighted by Gasteiger charge is 2.38. The number of benzene rings is 2. The first kappa shape index (κ1) is 21.0. The van der Waals surface area contributed by atoms with Crippen LogP contribution >= 0.6 is 0 Å². The van der Waals surface area contributed by atoms with Gasteiger partial charge in [0.25, 0.3) is 5.91 Å². The highest BCUT2D eigenvalue weighted by Crippen LogP contribution is 2.34. The Morgan fingerprint density at radius 1 is 1.00 bits per heavy atom. The van der Waals surface area contributed by atoms with Crippen LogP contribution in [-0.2, 0) is 22.6 Å². The summed E-state index contributed by atoms with van der Waals surface area (Å²) >= 11 is 0. The van der Waals surface area contributed by atoms with E-state index >= 15 is 0 Å². The third kappa shape index (κ3) is 4.28. The number of amides is 2. The summed E-state index contributed by atoms with van der Waals surface area (Å²) in [5.74, 6) is 0.430. The Morgan fingerprint density at radius 2 is 1.68 bits per heavy atom. The van der Waals surface area contributed by atoms with E-state index in [0.717, 1.165) is 17.5 Å². The molecule has 31 heavy (non-hydrogen) atoms. The molecule has 2 aliphatic rings. The molecule has 0 aromatic heterocycles. The number of carbonyl (C=O) groups is 2. The number of rotatable bonds is 6. The molecule has 2 amide bonds. The molecule has 0 unspecified atom stereocenters. The molecule has 0 radical (unpaired) electrons. The van der Waals surface area contributed by atoms with E-state index in [9.17, 15) is 14.0 Å². The van der Waals surface area contributed by atoms with Gasteiger partial charge in [0.1, 0.15) is 0 Å². The molecule has 0 aliphatic carbocycles. The zero-order valence-corrected chi connectivity index (χ0v) is 17.6. The van der Waals surface area contributed by atoms with Gasteiger partial charge in [0.2, 0.25) is 5.91 Å². The van der Waals surface area contributed by atoms with E-state index in [1.807, 2.05) is 17.0 Å². The number of hydrogen-bond donors (Lipinski definition) is 0. The molecule has 0 saturated carbocycles. The van der Waals surface area contributed by atoms with Crippen molar-refractivity contribution in [2.45, 2.75) is 13.0 Å². The van der Waals surface area contributed by atoms with Gasteiger partial charge in [0.15, 0.2) is 29.7 Å². The first-order valence-electron chi connectivity index (χ1n) is 10.2. The normalized spacial score (nSPS) is 15.7. The van der Waals surface area contributed by atoms with Crippen LogP contribution in [-0.4, -0.2) is 62.1 Å². The largest absolute Gasteiger partial charge is 0.493 e. The van der Waals surface area contributed by atoms with E-state index in [0.29, 0.717) is 37.7 Å². The number of ether oxygens (including phenoxy) is 3. The molecule has 1 fully saturated rings. The molecule has 2 aliphatic heterocycles. The first-order chi connectivity index (χ1) is 15.0. The van der Waals surface area contributed by atoms with Crippen molar-refractivity contribution in [3.63, 3.8) is 0 Å². The van der Waals surface area contributed by atoms with Crippen molar-refractivity contribution >= 4 is 11.8 Å². The highest BCUT2D eigenvalue weighted by molar-refractivity contribution is 5.85. The molecular formula is C23H25FN2O5. The van der Waals surface area contributed by atoms with Crippen molar-refractivity contribution in [1.82, 2.24) is 9.80 Å². The van der Waals surface area contributed by atoms with E-state index in [-0.39, 0.29) is 30.1 Å². The second kappa shape index (κ2) is 8.83. The van der Waals surface area contributed by atoms with Crippen molar-refractivity contribution in [2.24, 2.45) is 5.92 Å². The molecule has 2 heterocycles. The minimum atomic E-state index is -0.508. The maximum atomic E-state index is 13.6. The van der Waals surface area contributed by atoms with Crippen LogP contribution in [0.4, 0.5) is 4.39 Å². The Balaban J connectivity index is 1.30. The molecule has 2 aromatic rings. The van der Waals surface area contributed by atoms with E-state index in [4.69, 9.17) is 14.2 Å². The van der Waals surface area contributed by atoms with Crippen molar-refractivity contribution < 1.29 is 28.2 Å². The predicted octanol–water partition coefficient (Wildman–Crippen LogP) is 2.27. The summed E-state index contributed by atoms with van der Waals surface area (Å²) in [7, 11) is 3.19. The number of carbonyl (C=O) groups excluding carboxylic acids is 2. The average molecular weight is 428 g/mol. The van der Waals surface area contributed by atoms with Crippen LogP contribution in [0, 0.1) is 11.7 Å². The first-order valence-corrected chi connectivity index (χ1v) is 10.2. The van der Waals surface area contributed by atoms with Crippen molar-refractivity contribution in [3.8, 4) is 17.2 Å². The zero-order chi connectivity index (χ0) is 22.0. The summed E-state index contributed by atoms with van der Waals surface area (Å²) in [6.07, 6.45) is 0.743. The average Bonchev–Trinajstić information content (AvgIpc) is 2.76. The van der Waals surface area contributed by atoms with Crippen LogP contribution in [0.2, 0.25) is 0 Å². The van der Waals surface area contributed by atoms with Gasteiger partial charge >= 0.3 is 0 Å². The van der Waals surface area contributed by atoms with Gasteiger partial charge in [0, 0.05) is 26.2 Å². The third-order valence-corrected chi connectivity index (χ3v) is 5.80. The number of methoxy groups -OCH3 is 2. The SMILES string of the molecule is COc1cc2c(cc1OC)CN(C(=O)C1CN(C(=O)COc3ccccc3F)C1)CC2. The summed E-state index contributed by atoms with van der Waals surface area (Å²) < 4.78 is 29.6. The molecule has 0 spiro atoms. The van der Waals surface area contributed by atoms with Gasteiger partial charge in [-0.15, -0.1) is 0 Å². The molecule has 8 heteroatoms. The molecule has 1 saturated heterocycles. The van der Waals surface area contributed by atoms with Gasteiger partial charge in [-0.3, -0.25) is 9.59 Å². The van der Waals surface area contributed by atoms with E-state index in [1.165, 1.54) is 12.1 Å². The van der Waals surface area contributed by atoms with Crippen LogP contribution in [0.5, 0.6) is 17.2 Å². The molecular weight excluding hydrogens is 403 g/mol. The molecule has 0 atom stereocenters.